The second-order valence-electron chi connectivity index (χ2n) is 4.89. The molecule has 106 valence electrons. The molecule has 0 aromatic rings. The molecule has 1 N–H and O–H groups in total. The first kappa shape index (κ1) is 15.4. The van der Waals surface area contributed by atoms with Gasteiger partial charge >= 0.3 is 5.97 Å². The van der Waals surface area contributed by atoms with Crippen molar-refractivity contribution < 1.29 is 9.53 Å². The molecule has 2 atom stereocenters. The van der Waals surface area contributed by atoms with Crippen LogP contribution in [0.5, 0.6) is 0 Å². The fourth-order valence-corrected chi connectivity index (χ4v) is 2.78. The number of carbonyl (C=O) groups excluding carboxylic acids is 1. The van der Waals surface area contributed by atoms with E-state index in [1.54, 1.807) is 0 Å². The Balaban J connectivity index is 2.68. The number of ether oxygens (including phenoxy) is 1. The molecule has 0 bridgehead atoms. The fourth-order valence-electron chi connectivity index (χ4n) is 2.78. The summed E-state index contributed by atoms with van der Waals surface area (Å²) in [6.07, 6.45) is 4.28. The highest BCUT2D eigenvalue weighted by Crippen LogP contribution is 2.17. The predicted molar refractivity (Wildman–Crippen MR) is 73.6 cm³/mol. The van der Waals surface area contributed by atoms with E-state index in [0.717, 1.165) is 32.5 Å². The Morgan fingerprint density at radius 1 is 1.44 bits per heavy atom. The molecule has 1 saturated heterocycles. The van der Waals surface area contributed by atoms with Crippen molar-refractivity contribution in [3.8, 4) is 0 Å². The zero-order valence-electron chi connectivity index (χ0n) is 12.1. The van der Waals surface area contributed by atoms with E-state index in [2.05, 4.69) is 24.1 Å². The van der Waals surface area contributed by atoms with Gasteiger partial charge in [-0.05, 0) is 39.3 Å². The average Bonchev–Trinajstić information content (AvgIpc) is 2.40. The van der Waals surface area contributed by atoms with E-state index < -0.39 is 0 Å². The van der Waals surface area contributed by atoms with Crippen LogP contribution in [0.4, 0.5) is 0 Å². The smallest absolute Gasteiger partial charge is 0.323 e. The van der Waals surface area contributed by atoms with E-state index in [4.69, 9.17) is 4.74 Å². The van der Waals surface area contributed by atoms with Gasteiger partial charge < -0.3 is 10.1 Å². The van der Waals surface area contributed by atoms with Gasteiger partial charge in [0.1, 0.15) is 6.04 Å². The number of carbonyl (C=O) groups is 1. The van der Waals surface area contributed by atoms with Gasteiger partial charge in [-0.2, -0.15) is 0 Å². The molecule has 0 radical (unpaired) electrons. The molecule has 1 rings (SSSR count). The Bertz CT molecular complexity index is 240. The zero-order chi connectivity index (χ0) is 13.4. The lowest BCUT2D eigenvalue weighted by molar-refractivity contribution is -0.151. The monoisotopic (exact) mass is 256 g/mol. The predicted octanol–water partition coefficient (Wildman–Crippen LogP) is 1.79. The van der Waals surface area contributed by atoms with Crippen molar-refractivity contribution in [2.75, 3.05) is 26.2 Å². The summed E-state index contributed by atoms with van der Waals surface area (Å²) in [6.45, 7) is 9.61. The van der Waals surface area contributed by atoms with Crippen LogP contribution >= 0.6 is 0 Å². The largest absolute Gasteiger partial charge is 0.465 e. The van der Waals surface area contributed by atoms with Crippen LogP contribution in [0.2, 0.25) is 0 Å². The third kappa shape index (κ3) is 4.25. The Labute approximate surface area is 111 Å². The molecule has 0 amide bonds. The number of hydrogen-bond acceptors (Lipinski definition) is 4. The summed E-state index contributed by atoms with van der Waals surface area (Å²) in [5.41, 5.74) is 0. The first-order chi connectivity index (χ1) is 8.74. The molecule has 2 unspecified atom stereocenters. The Morgan fingerprint density at radius 2 is 2.22 bits per heavy atom. The molecule has 4 heteroatoms. The topological polar surface area (TPSA) is 41.6 Å². The number of likely N-dealkylation sites (N-methyl/N-ethyl adjacent to an activating group) is 1. The first-order valence-electron chi connectivity index (χ1n) is 7.37. The number of nitrogens with zero attached hydrogens (tertiary/aromatic N) is 1. The van der Waals surface area contributed by atoms with Gasteiger partial charge in [0.15, 0.2) is 0 Å². The van der Waals surface area contributed by atoms with Crippen molar-refractivity contribution in [3.05, 3.63) is 0 Å². The molecule has 1 aliphatic heterocycles. The van der Waals surface area contributed by atoms with E-state index in [1.807, 2.05) is 6.92 Å². The minimum Gasteiger partial charge on any atom is -0.465 e. The lowest BCUT2D eigenvalue weighted by Crippen LogP contribution is -2.53. The van der Waals surface area contributed by atoms with Crippen molar-refractivity contribution >= 4 is 5.97 Å². The second-order valence-corrected chi connectivity index (χ2v) is 4.89. The molecule has 1 aliphatic rings. The molecule has 18 heavy (non-hydrogen) atoms. The van der Waals surface area contributed by atoms with Crippen molar-refractivity contribution in [1.82, 2.24) is 10.2 Å². The number of nitrogens with one attached hydrogen (secondary N) is 1. The van der Waals surface area contributed by atoms with Crippen LogP contribution in [0.15, 0.2) is 0 Å². The van der Waals surface area contributed by atoms with Gasteiger partial charge in [-0.1, -0.05) is 20.3 Å². The summed E-state index contributed by atoms with van der Waals surface area (Å²) in [4.78, 5) is 14.4. The standard InChI is InChI=1S/C14H28N2O2/c1-4-8-13(14(17)18-6-3)16(5-2)12-9-7-10-15-11-12/h12-13,15H,4-11H2,1-3H3. The van der Waals surface area contributed by atoms with Crippen molar-refractivity contribution in [3.63, 3.8) is 0 Å². The fraction of sp³-hybridized carbons (Fsp3) is 0.929. The Hall–Kier alpha value is -0.610. The lowest BCUT2D eigenvalue weighted by atomic mass is 10.0. The summed E-state index contributed by atoms with van der Waals surface area (Å²) < 4.78 is 5.23. The van der Waals surface area contributed by atoms with Gasteiger partial charge in [0.25, 0.3) is 0 Å². The highest BCUT2D eigenvalue weighted by molar-refractivity contribution is 5.75. The zero-order valence-corrected chi connectivity index (χ0v) is 12.1. The second kappa shape index (κ2) is 8.48. The molecule has 0 aliphatic carbocycles. The van der Waals surface area contributed by atoms with Crippen molar-refractivity contribution in [1.29, 1.82) is 0 Å². The molecule has 1 fully saturated rings. The van der Waals surface area contributed by atoms with Crippen LogP contribution in [0, 0.1) is 0 Å². The van der Waals surface area contributed by atoms with Crippen LogP contribution in [0.1, 0.15) is 46.5 Å². The van der Waals surface area contributed by atoms with Crippen molar-refractivity contribution in [2.45, 2.75) is 58.5 Å². The molecule has 0 saturated carbocycles. The van der Waals surface area contributed by atoms with Crippen LogP contribution in [-0.2, 0) is 9.53 Å². The lowest BCUT2D eigenvalue weighted by Gasteiger charge is -2.38. The quantitative estimate of drug-likeness (QED) is 0.705. The maximum atomic E-state index is 12.1. The van der Waals surface area contributed by atoms with E-state index in [0.29, 0.717) is 12.6 Å². The highest BCUT2D eigenvalue weighted by Gasteiger charge is 2.31. The minimum atomic E-state index is -0.0650. The summed E-state index contributed by atoms with van der Waals surface area (Å²) in [5, 5.41) is 3.42. The Morgan fingerprint density at radius 3 is 2.72 bits per heavy atom. The molecule has 0 aromatic carbocycles. The van der Waals surface area contributed by atoms with Gasteiger partial charge in [0, 0.05) is 12.6 Å². The molecule has 0 aromatic heterocycles. The van der Waals surface area contributed by atoms with Gasteiger partial charge in [0.2, 0.25) is 0 Å². The van der Waals surface area contributed by atoms with E-state index >= 15 is 0 Å². The average molecular weight is 256 g/mol. The molecule has 1 heterocycles. The maximum Gasteiger partial charge on any atom is 0.323 e. The van der Waals surface area contributed by atoms with E-state index in [-0.39, 0.29) is 12.0 Å². The van der Waals surface area contributed by atoms with Crippen LogP contribution in [0.25, 0.3) is 0 Å². The highest BCUT2D eigenvalue weighted by atomic mass is 16.5. The third-order valence-electron chi connectivity index (χ3n) is 3.63. The van der Waals surface area contributed by atoms with Crippen molar-refractivity contribution in [2.24, 2.45) is 0 Å². The summed E-state index contributed by atoms with van der Waals surface area (Å²) in [6, 6.07) is 0.412. The molecule has 0 spiro atoms. The van der Waals surface area contributed by atoms with Crippen LogP contribution in [-0.4, -0.2) is 49.2 Å². The van der Waals surface area contributed by atoms with Gasteiger partial charge in [-0.15, -0.1) is 0 Å². The number of esters is 1. The van der Waals surface area contributed by atoms with Gasteiger partial charge in [-0.3, -0.25) is 9.69 Å². The summed E-state index contributed by atoms with van der Waals surface area (Å²) in [7, 11) is 0. The van der Waals surface area contributed by atoms with E-state index in [1.165, 1.54) is 12.8 Å². The van der Waals surface area contributed by atoms with Gasteiger partial charge in [-0.25, -0.2) is 0 Å². The summed E-state index contributed by atoms with van der Waals surface area (Å²) in [5.74, 6) is -0.0493. The number of rotatable bonds is 7. The normalized spacial score (nSPS) is 21.9. The number of hydrogen-bond donors (Lipinski definition) is 1. The molecule has 4 nitrogen and oxygen atoms in total. The van der Waals surface area contributed by atoms with E-state index in [9.17, 15) is 4.79 Å². The first-order valence-corrected chi connectivity index (χ1v) is 7.37. The molecular formula is C14H28N2O2. The minimum absolute atomic E-state index is 0.0493. The maximum absolute atomic E-state index is 12.1. The van der Waals surface area contributed by atoms with Crippen LogP contribution in [0.3, 0.4) is 0 Å². The number of piperidine rings is 1. The van der Waals surface area contributed by atoms with Crippen LogP contribution < -0.4 is 5.32 Å². The SMILES string of the molecule is CCCC(C(=O)OCC)N(CC)C1CCCNC1. The third-order valence-corrected chi connectivity index (χ3v) is 3.63. The summed E-state index contributed by atoms with van der Waals surface area (Å²) >= 11 is 0. The van der Waals surface area contributed by atoms with Gasteiger partial charge in [0.05, 0.1) is 6.61 Å². The molecular weight excluding hydrogens is 228 g/mol. The Kier molecular flexibility index (Phi) is 7.28.